The highest BCUT2D eigenvalue weighted by Gasteiger charge is 2.49. The van der Waals surface area contributed by atoms with Gasteiger partial charge in [0.25, 0.3) is 0 Å². The van der Waals surface area contributed by atoms with E-state index in [0.29, 0.717) is 11.0 Å². The minimum atomic E-state index is -1.18. The molecule has 1 fully saturated rings. The number of hydrogen-bond acceptors (Lipinski definition) is 7. The first kappa shape index (κ1) is 14.8. The predicted octanol–water partition coefficient (Wildman–Crippen LogP) is 0.114. The van der Waals surface area contributed by atoms with E-state index in [2.05, 4.69) is 4.99 Å². The number of aliphatic hydroxyl groups excluding tert-OH is 3. The molecule has 0 spiro atoms. The van der Waals surface area contributed by atoms with Crippen molar-refractivity contribution >= 4 is 17.0 Å². The molecule has 3 rings (SSSR count). The van der Waals surface area contributed by atoms with Gasteiger partial charge in [0, 0.05) is 5.75 Å². The normalized spacial score (nSPS) is 35.0. The second-order valence-corrected chi connectivity index (χ2v) is 5.91. The van der Waals surface area contributed by atoms with E-state index in [1.165, 1.54) is 11.8 Å². The van der Waals surface area contributed by atoms with Crippen LogP contribution >= 0.6 is 11.8 Å². The molecule has 0 radical (unpaired) electrons. The molecule has 1 aromatic carbocycles. The summed E-state index contributed by atoms with van der Waals surface area (Å²) in [5.41, 5.74) is 1.14. The Morgan fingerprint density at radius 3 is 2.62 bits per heavy atom. The van der Waals surface area contributed by atoms with Crippen LogP contribution in [0.1, 0.15) is 5.56 Å². The molecule has 0 amide bonds. The number of benzene rings is 1. The number of nitrogens with zero attached hydrogens (tertiary/aromatic N) is 1. The Morgan fingerprint density at radius 2 is 1.90 bits per heavy atom. The van der Waals surface area contributed by atoms with Crippen LogP contribution in [-0.2, 0) is 15.2 Å². The molecular weight excluding hydrogens is 294 g/mol. The van der Waals surface area contributed by atoms with Gasteiger partial charge in [-0.1, -0.05) is 42.1 Å². The maximum atomic E-state index is 10.0. The molecule has 6 nitrogen and oxygen atoms in total. The van der Waals surface area contributed by atoms with E-state index in [4.69, 9.17) is 14.6 Å². The van der Waals surface area contributed by atoms with Gasteiger partial charge in [0.15, 0.2) is 12.3 Å². The monoisotopic (exact) mass is 311 g/mol. The van der Waals surface area contributed by atoms with E-state index in [1.807, 2.05) is 30.3 Å². The van der Waals surface area contributed by atoms with Crippen molar-refractivity contribution < 1.29 is 24.8 Å². The van der Waals surface area contributed by atoms with Crippen LogP contribution in [0.3, 0.4) is 0 Å². The molecule has 1 saturated heterocycles. The van der Waals surface area contributed by atoms with Crippen LogP contribution in [0, 0.1) is 0 Å². The van der Waals surface area contributed by atoms with Gasteiger partial charge < -0.3 is 24.8 Å². The zero-order valence-electron chi connectivity index (χ0n) is 11.2. The van der Waals surface area contributed by atoms with Gasteiger partial charge >= 0.3 is 0 Å². The van der Waals surface area contributed by atoms with Crippen LogP contribution in [-0.4, -0.2) is 57.8 Å². The fourth-order valence-corrected chi connectivity index (χ4v) is 3.18. The summed E-state index contributed by atoms with van der Waals surface area (Å²) in [5, 5.41) is 29.4. The highest BCUT2D eigenvalue weighted by atomic mass is 32.2. The molecule has 2 heterocycles. The molecule has 0 aliphatic carbocycles. The highest BCUT2D eigenvalue weighted by molar-refractivity contribution is 8.12. The molecule has 2 aliphatic rings. The van der Waals surface area contributed by atoms with Gasteiger partial charge in [-0.05, 0) is 5.56 Å². The lowest BCUT2D eigenvalue weighted by atomic mass is 9.99. The third-order valence-corrected chi connectivity index (χ3v) is 4.44. The predicted molar refractivity (Wildman–Crippen MR) is 77.8 cm³/mol. The van der Waals surface area contributed by atoms with Crippen molar-refractivity contribution in [3.05, 3.63) is 35.9 Å². The van der Waals surface area contributed by atoms with Gasteiger partial charge in [0.1, 0.15) is 18.3 Å². The van der Waals surface area contributed by atoms with Gasteiger partial charge in [-0.3, -0.25) is 0 Å². The highest BCUT2D eigenvalue weighted by Crippen LogP contribution is 2.31. The average Bonchev–Trinajstić information content (AvgIpc) is 2.93. The zero-order valence-corrected chi connectivity index (χ0v) is 12.0. The number of aliphatic imine (C=N–C) groups is 1. The van der Waals surface area contributed by atoms with Crippen molar-refractivity contribution in [2.45, 2.75) is 36.4 Å². The molecule has 1 aromatic rings. The largest absolute Gasteiger partial charge is 0.462 e. The summed E-state index contributed by atoms with van der Waals surface area (Å²) in [7, 11) is 0. The third kappa shape index (κ3) is 3.07. The Morgan fingerprint density at radius 1 is 1.14 bits per heavy atom. The van der Waals surface area contributed by atoms with Crippen molar-refractivity contribution in [2.24, 2.45) is 4.99 Å². The molecule has 0 saturated carbocycles. The smallest absolute Gasteiger partial charge is 0.249 e. The van der Waals surface area contributed by atoms with Crippen molar-refractivity contribution in [1.29, 1.82) is 0 Å². The maximum absolute atomic E-state index is 10.0. The van der Waals surface area contributed by atoms with Crippen LogP contribution in [0.2, 0.25) is 0 Å². The summed E-state index contributed by atoms with van der Waals surface area (Å²) < 4.78 is 11.0. The van der Waals surface area contributed by atoms with Gasteiger partial charge in [-0.15, -0.1) is 0 Å². The van der Waals surface area contributed by atoms with E-state index >= 15 is 0 Å². The maximum Gasteiger partial charge on any atom is 0.249 e. The standard InChI is InChI=1S/C14H17NO5S/c16-6-9-10(17)11(18)12-13(19-9)15-14(20-12)21-7-8-4-2-1-3-5-8/h1-5,9-13,16-18H,6-7H2/t9-,10-,11+,12-,13+/m1/s1. The number of hydrogen-bond donors (Lipinski definition) is 3. The van der Waals surface area contributed by atoms with Crippen molar-refractivity contribution in [3.63, 3.8) is 0 Å². The van der Waals surface area contributed by atoms with Crippen LogP contribution in [0.15, 0.2) is 35.3 Å². The second kappa shape index (κ2) is 6.33. The van der Waals surface area contributed by atoms with Gasteiger partial charge in [-0.25, -0.2) is 4.99 Å². The van der Waals surface area contributed by atoms with E-state index in [0.717, 1.165) is 5.56 Å². The van der Waals surface area contributed by atoms with Gasteiger partial charge in [0.05, 0.1) is 6.61 Å². The number of aliphatic hydroxyl groups is 3. The van der Waals surface area contributed by atoms with Crippen molar-refractivity contribution in [3.8, 4) is 0 Å². The minimum absolute atomic E-state index is 0.372. The number of rotatable bonds is 3. The Balaban J connectivity index is 1.62. The van der Waals surface area contributed by atoms with Crippen LogP contribution in [0.5, 0.6) is 0 Å². The van der Waals surface area contributed by atoms with Crippen LogP contribution < -0.4 is 0 Å². The first-order valence-corrected chi connectivity index (χ1v) is 7.71. The first-order chi connectivity index (χ1) is 10.2. The third-order valence-electron chi connectivity index (χ3n) is 3.52. The minimum Gasteiger partial charge on any atom is -0.462 e. The Hall–Kier alpha value is -1.12. The van der Waals surface area contributed by atoms with Crippen LogP contribution in [0.4, 0.5) is 0 Å². The summed E-state index contributed by atoms with van der Waals surface area (Å²) in [4.78, 5) is 4.26. The van der Waals surface area contributed by atoms with E-state index in [9.17, 15) is 10.2 Å². The lowest BCUT2D eigenvalue weighted by Gasteiger charge is -2.36. The summed E-state index contributed by atoms with van der Waals surface area (Å²) in [6.07, 6.45) is -4.55. The Labute approximate surface area is 126 Å². The summed E-state index contributed by atoms with van der Waals surface area (Å²) in [6, 6.07) is 9.88. The summed E-state index contributed by atoms with van der Waals surface area (Å²) in [6.45, 7) is -0.372. The van der Waals surface area contributed by atoms with Gasteiger partial charge in [-0.2, -0.15) is 0 Å². The summed E-state index contributed by atoms with van der Waals surface area (Å²) in [5.74, 6) is 0.696. The number of thioether (sulfide) groups is 1. The lowest BCUT2D eigenvalue weighted by Crippen LogP contribution is -2.57. The lowest BCUT2D eigenvalue weighted by molar-refractivity contribution is -0.213. The zero-order chi connectivity index (χ0) is 14.8. The number of fused-ring (bicyclic) bond motifs is 1. The molecule has 0 unspecified atom stereocenters. The Kier molecular flexibility index (Phi) is 4.46. The quantitative estimate of drug-likeness (QED) is 0.734. The SMILES string of the molecule is OC[C@H]1O[C@@H]2N=C(SCc3ccccc3)O[C@@H]2[C@@H](O)[C@@H]1O. The molecule has 114 valence electrons. The topological polar surface area (TPSA) is 91.5 Å². The van der Waals surface area contributed by atoms with Crippen molar-refractivity contribution in [1.82, 2.24) is 0 Å². The molecule has 3 N–H and O–H groups in total. The van der Waals surface area contributed by atoms with Crippen LogP contribution in [0.25, 0.3) is 0 Å². The molecular formula is C14H17NO5S. The molecule has 2 aliphatic heterocycles. The van der Waals surface area contributed by atoms with E-state index in [-0.39, 0.29) is 6.61 Å². The van der Waals surface area contributed by atoms with Gasteiger partial charge in [0.2, 0.25) is 5.23 Å². The molecule has 21 heavy (non-hydrogen) atoms. The van der Waals surface area contributed by atoms with E-state index < -0.39 is 30.6 Å². The molecule has 7 heteroatoms. The number of ether oxygens (including phenoxy) is 2. The fourth-order valence-electron chi connectivity index (χ4n) is 2.34. The van der Waals surface area contributed by atoms with Crippen molar-refractivity contribution in [2.75, 3.05) is 6.61 Å². The second-order valence-electron chi connectivity index (χ2n) is 4.98. The molecule has 0 bridgehead atoms. The fraction of sp³-hybridized carbons (Fsp3) is 0.500. The molecule has 5 atom stereocenters. The first-order valence-electron chi connectivity index (χ1n) is 6.72. The summed E-state index contributed by atoms with van der Waals surface area (Å²) >= 11 is 1.41. The Bertz CT molecular complexity index is 511. The van der Waals surface area contributed by atoms with E-state index in [1.54, 1.807) is 0 Å². The molecule has 0 aromatic heterocycles. The average molecular weight is 311 g/mol.